The second kappa shape index (κ2) is 12.3. The number of aliphatic imine (C=N–C) groups is 1. The predicted octanol–water partition coefficient (Wildman–Crippen LogP) is 1.56. The van der Waals surface area contributed by atoms with Crippen LogP contribution in [0, 0.1) is 6.92 Å². The van der Waals surface area contributed by atoms with Crippen molar-refractivity contribution in [2.75, 3.05) is 52.1 Å². The third kappa shape index (κ3) is 8.09. The van der Waals surface area contributed by atoms with Crippen LogP contribution < -0.4 is 5.32 Å². The molecule has 0 unspecified atom stereocenters. The second-order valence-corrected chi connectivity index (χ2v) is 10.1. The van der Waals surface area contributed by atoms with Crippen LogP contribution in [0.3, 0.4) is 0 Å². The Kier molecular flexibility index (Phi) is 11.2. The highest BCUT2D eigenvalue weighted by Crippen LogP contribution is 2.12. The number of hydrogen-bond acceptors (Lipinski definition) is 6. The summed E-state index contributed by atoms with van der Waals surface area (Å²) in [5.41, 5.74) is 0. The summed E-state index contributed by atoms with van der Waals surface area (Å²) in [6.07, 6.45) is 2.78. The SMILES string of the molecule is CN=C(NCCc1ncc(C)s1)N1CCN(S(=O)(=O)CCOC(C)C)CC1.I. The van der Waals surface area contributed by atoms with Crippen molar-refractivity contribution in [1.82, 2.24) is 19.5 Å². The van der Waals surface area contributed by atoms with Gasteiger partial charge in [0.15, 0.2) is 5.96 Å². The van der Waals surface area contributed by atoms with Crippen molar-refractivity contribution in [3.05, 3.63) is 16.1 Å². The molecule has 1 fully saturated rings. The molecule has 0 spiro atoms. The Morgan fingerprint density at radius 2 is 2.04 bits per heavy atom. The molecule has 1 aliphatic rings. The van der Waals surface area contributed by atoms with E-state index in [9.17, 15) is 8.42 Å². The van der Waals surface area contributed by atoms with Crippen molar-refractivity contribution in [2.24, 2.45) is 4.99 Å². The normalized spacial score (nSPS) is 16.3. The lowest BCUT2D eigenvalue weighted by molar-refractivity contribution is 0.0904. The summed E-state index contributed by atoms with van der Waals surface area (Å²) in [5.74, 6) is 0.842. The fourth-order valence-corrected chi connectivity index (χ4v) is 4.90. The van der Waals surface area contributed by atoms with Crippen LogP contribution in [0.2, 0.25) is 0 Å². The first-order chi connectivity index (χ1) is 12.8. The molecule has 8 nitrogen and oxygen atoms in total. The number of rotatable bonds is 8. The van der Waals surface area contributed by atoms with Crippen molar-refractivity contribution in [3.8, 4) is 0 Å². The van der Waals surface area contributed by atoms with Crippen LogP contribution in [0.5, 0.6) is 0 Å². The zero-order valence-electron chi connectivity index (χ0n) is 17.0. The first-order valence-electron chi connectivity index (χ1n) is 9.28. The van der Waals surface area contributed by atoms with Gasteiger partial charge in [-0.2, -0.15) is 4.31 Å². The van der Waals surface area contributed by atoms with Gasteiger partial charge in [-0.25, -0.2) is 13.4 Å². The van der Waals surface area contributed by atoms with Crippen LogP contribution in [0.4, 0.5) is 0 Å². The third-order valence-corrected chi connectivity index (χ3v) is 7.03. The standard InChI is InChI=1S/C17H31N5O3S2.HI/c1-14(2)25-11-12-27(23,24)22-9-7-21(8-10-22)17(18-4)19-6-5-16-20-13-15(3)26-16;/h13-14H,5-12H2,1-4H3,(H,18,19);1H. The maximum absolute atomic E-state index is 12.4. The van der Waals surface area contributed by atoms with Crippen molar-refractivity contribution >= 4 is 51.3 Å². The maximum atomic E-state index is 12.4. The van der Waals surface area contributed by atoms with Gasteiger partial charge in [0.25, 0.3) is 0 Å². The Bertz CT molecular complexity index is 716. The fraction of sp³-hybridized carbons (Fsp3) is 0.765. The van der Waals surface area contributed by atoms with E-state index < -0.39 is 10.0 Å². The molecular weight excluding hydrogens is 513 g/mol. The van der Waals surface area contributed by atoms with Crippen molar-refractivity contribution in [1.29, 1.82) is 0 Å². The molecular formula is C17H32IN5O3S2. The van der Waals surface area contributed by atoms with Crippen LogP contribution in [-0.2, 0) is 21.2 Å². The van der Waals surface area contributed by atoms with Gasteiger partial charge in [-0.05, 0) is 20.8 Å². The minimum absolute atomic E-state index is 0. The molecule has 0 saturated carbocycles. The predicted molar refractivity (Wildman–Crippen MR) is 125 cm³/mol. The molecule has 0 aromatic carbocycles. The van der Waals surface area contributed by atoms with Crippen LogP contribution >= 0.6 is 35.3 Å². The summed E-state index contributed by atoms with van der Waals surface area (Å²) in [4.78, 5) is 12.0. The lowest BCUT2D eigenvalue weighted by Crippen LogP contribution is -2.54. The van der Waals surface area contributed by atoms with Crippen LogP contribution in [0.15, 0.2) is 11.2 Å². The zero-order valence-corrected chi connectivity index (χ0v) is 21.0. The summed E-state index contributed by atoms with van der Waals surface area (Å²) in [6, 6.07) is 0. The lowest BCUT2D eigenvalue weighted by atomic mass is 10.4. The first kappa shape index (κ1) is 25.5. The van der Waals surface area contributed by atoms with E-state index in [1.54, 1.807) is 22.7 Å². The van der Waals surface area contributed by atoms with Crippen LogP contribution in [-0.4, -0.2) is 86.8 Å². The highest BCUT2D eigenvalue weighted by Gasteiger charge is 2.27. The monoisotopic (exact) mass is 545 g/mol. The first-order valence-corrected chi connectivity index (χ1v) is 11.7. The number of nitrogens with zero attached hydrogens (tertiary/aromatic N) is 4. The summed E-state index contributed by atoms with van der Waals surface area (Å²) in [5, 5.41) is 4.46. The van der Waals surface area contributed by atoms with Gasteiger partial charge in [-0.15, -0.1) is 35.3 Å². The molecule has 162 valence electrons. The van der Waals surface area contributed by atoms with E-state index >= 15 is 0 Å². The third-order valence-electron chi connectivity index (χ3n) is 4.23. The van der Waals surface area contributed by atoms with E-state index in [1.807, 2.05) is 20.0 Å². The number of halogens is 1. The molecule has 2 heterocycles. The summed E-state index contributed by atoms with van der Waals surface area (Å²) in [7, 11) is -1.52. The van der Waals surface area contributed by atoms with Gasteiger partial charge in [-0.1, -0.05) is 0 Å². The summed E-state index contributed by atoms with van der Waals surface area (Å²) in [6.45, 7) is 9.03. The van der Waals surface area contributed by atoms with Gasteiger partial charge in [-0.3, -0.25) is 4.99 Å². The van der Waals surface area contributed by atoms with E-state index in [-0.39, 0.29) is 42.4 Å². The topological polar surface area (TPSA) is 87.1 Å². The van der Waals surface area contributed by atoms with Crippen molar-refractivity contribution in [3.63, 3.8) is 0 Å². The number of nitrogens with one attached hydrogen (secondary N) is 1. The number of thiazole rings is 1. The largest absolute Gasteiger partial charge is 0.378 e. The minimum Gasteiger partial charge on any atom is -0.378 e. The van der Waals surface area contributed by atoms with Gasteiger partial charge in [0.1, 0.15) is 0 Å². The van der Waals surface area contributed by atoms with E-state index in [2.05, 4.69) is 27.1 Å². The summed E-state index contributed by atoms with van der Waals surface area (Å²) < 4.78 is 31.8. The molecule has 1 aromatic heterocycles. The molecule has 1 saturated heterocycles. The van der Waals surface area contributed by atoms with Gasteiger partial charge in [0.05, 0.1) is 23.5 Å². The zero-order chi connectivity index (χ0) is 19.9. The van der Waals surface area contributed by atoms with Gasteiger partial charge in [0, 0.05) is 57.3 Å². The average Bonchev–Trinajstić information content (AvgIpc) is 3.03. The Morgan fingerprint density at radius 1 is 1.36 bits per heavy atom. The lowest BCUT2D eigenvalue weighted by Gasteiger charge is -2.35. The molecule has 28 heavy (non-hydrogen) atoms. The van der Waals surface area contributed by atoms with Gasteiger partial charge in [0.2, 0.25) is 10.0 Å². The molecule has 1 aromatic rings. The number of hydrogen-bond donors (Lipinski definition) is 1. The number of guanidine groups is 1. The van der Waals surface area contributed by atoms with E-state index in [4.69, 9.17) is 4.74 Å². The van der Waals surface area contributed by atoms with Crippen LogP contribution in [0.1, 0.15) is 23.7 Å². The minimum atomic E-state index is -3.27. The number of sulfonamides is 1. The highest BCUT2D eigenvalue weighted by atomic mass is 127. The van der Waals surface area contributed by atoms with E-state index in [0.29, 0.717) is 26.2 Å². The molecule has 2 rings (SSSR count). The molecule has 0 atom stereocenters. The van der Waals surface area contributed by atoms with Crippen molar-refractivity contribution in [2.45, 2.75) is 33.3 Å². The smallest absolute Gasteiger partial charge is 0.216 e. The van der Waals surface area contributed by atoms with Gasteiger partial charge >= 0.3 is 0 Å². The fourth-order valence-electron chi connectivity index (χ4n) is 2.83. The average molecular weight is 546 g/mol. The molecule has 0 aliphatic carbocycles. The molecule has 1 aliphatic heterocycles. The van der Waals surface area contributed by atoms with E-state index in [0.717, 1.165) is 23.9 Å². The molecule has 0 bridgehead atoms. The summed E-state index contributed by atoms with van der Waals surface area (Å²) >= 11 is 1.71. The highest BCUT2D eigenvalue weighted by molar-refractivity contribution is 14.0. The maximum Gasteiger partial charge on any atom is 0.216 e. The molecule has 0 amide bonds. The second-order valence-electron chi connectivity index (χ2n) is 6.71. The number of piperazine rings is 1. The van der Waals surface area contributed by atoms with Crippen LogP contribution in [0.25, 0.3) is 0 Å². The Balaban J connectivity index is 0.00000392. The Morgan fingerprint density at radius 3 is 2.57 bits per heavy atom. The number of aryl methyl sites for hydroxylation is 1. The molecule has 0 radical (unpaired) electrons. The quantitative estimate of drug-likeness (QED) is 0.303. The van der Waals surface area contributed by atoms with Crippen molar-refractivity contribution < 1.29 is 13.2 Å². The molecule has 11 heteroatoms. The molecule has 1 N–H and O–H groups in total. The van der Waals surface area contributed by atoms with E-state index in [1.165, 1.54) is 4.88 Å². The Hall–Kier alpha value is -0.500. The number of aromatic nitrogens is 1. The Labute approximate surface area is 189 Å². The van der Waals surface area contributed by atoms with Gasteiger partial charge < -0.3 is 15.0 Å². The number of ether oxygens (including phenoxy) is 1.